The predicted molar refractivity (Wildman–Crippen MR) is 72.5 cm³/mol. The van der Waals surface area contributed by atoms with Gasteiger partial charge in [0.2, 0.25) is 0 Å². The zero-order valence-electron chi connectivity index (χ0n) is 10.2. The van der Waals surface area contributed by atoms with E-state index < -0.39 is 5.97 Å². The fourth-order valence-electron chi connectivity index (χ4n) is 1.39. The van der Waals surface area contributed by atoms with E-state index in [0.29, 0.717) is 25.4 Å². The topological polar surface area (TPSA) is 58.6 Å². The van der Waals surface area contributed by atoms with Gasteiger partial charge in [0, 0.05) is 6.54 Å². The summed E-state index contributed by atoms with van der Waals surface area (Å²) in [6.45, 7) is 7.08. The smallest absolute Gasteiger partial charge is 0.339 e. The number of carbonyl (C=O) groups is 1. The minimum Gasteiger partial charge on any atom is -0.478 e. The zero-order valence-corrected chi connectivity index (χ0v) is 11.0. The Morgan fingerprint density at radius 3 is 2.89 bits per heavy atom. The van der Waals surface area contributed by atoms with Crippen molar-refractivity contribution >= 4 is 23.3 Å². The van der Waals surface area contributed by atoms with Gasteiger partial charge < -0.3 is 15.2 Å². The van der Waals surface area contributed by atoms with Crippen LogP contribution in [0.2, 0.25) is 5.02 Å². The molecule has 0 aliphatic heterocycles. The van der Waals surface area contributed by atoms with Crippen molar-refractivity contribution in [2.45, 2.75) is 6.92 Å². The molecule has 1 aromatic rings. The molecule has 0 amide bonds. The summed E-state index contributed by atoms with van der Waals surface area (Å²) in [5, 5.41) is 12.3. The molecule has 0 spiro atoms. The van der Waals surface area contributed by atoms with Gasteiger partial charge in [0.05, 0.1) is 23.9 Å². The summed E-state index contributed by atoms with van der Waals surface area (Å²) >= 11 is 5.84. The average molecular weight is 270 g/mol. The van der Waals surface area contributed by atoms with E-state index in [1.54, 1.807) is 18.2 Å². The molecule has 0 aliphatic rings. The Morgan fingerprint density at radius 2 is 2.28 bits per heavy atom. The van der Waals surface area contributed by atoms with E-state index in [0.717, 1.165) is 5.57 Å². The molecule has 98 valence electrons. The van der Waals surface area contributed by atoms with E-state index >= 15 is 0 Å². The predicted octanol–water partition coefficient (Wildman–Crippen LogP) is 3.04. The average Bonchev–Trinajstić information content (AvgIpc) is 2.27. The molecule has 0 aromatic heterocycles. The highest BCUT2D eigenvalue weighted by Crippen LogP contribution is 2.24. The number of hydrogen-bond donors (Lipinski definition) is 2. The number of carboxylic acid groups (broad SMARTS) is 1. The summed E-state index contributed by atoms with van der Waals surface area (Å²) in [5.74, 6) is -1.05. The van der Waals surface area contributed by atoms with Crippen LogP contribution in [0.1, 0.15) is 17.3 Å². The lowest BCUT2D eigenvalue weighted by molar-refractivity contribution is 0.0698. The number of nitrogens with one attached hydrogen (secondary N) is 1. The van der Waals surface area contributed by atoms with Crippen LogP contribution < -0.4 is 5.32 Å². The van der Waals surface area contributed by atoms with Crippen LogP contribution in [0, 0.1) is 0 Å². The summed E-state index contributed by atoms with van der Waals surface area (Å²) in [5.41, 5.74) is 1.52. The first-order valence-electron chi connectivity index (χ1n) is 5.50. The first kappa shape index (κ1) is 14.5. The second-order valence-corrected chi connectivity index (χ2v) is 4.31. The zero-order chi connectivity index (χ0) is 13.5. The van der Waals surface area contributed by atoms with Crippen molar-refractivity contribution in [3.63, 3.8) is 0 Å². The van der Waals surface area contributed by atoms with Crippen molar-refractivity contribution in [1.82, 2.24) is 0 Å². The normalized spacial score (nSPS) is 10.1. The second kappa shape index (κ2) is 7.03. The van der Waals surface area contributed by atoms with Crippen molar-refractivity contribution in [3.05, 3.63) is 40.9 Å². The molecule has 0 fully saturated rings. The van der Waals surface area contributed by atoms with Crippen molar-refractivity contribution in [1.29, 1.82) is 0 Å². The summed E-state index contributed by atoms with van der Waals surface area (Å²) in [6.07, 6.45) is 0. The summed E-state index contributed by atoms with van der Waals surface area (Å²) < 4.78 is 5.30. The van der Waals surface area contributed by atoms with Gasteiger partial charge in [0.25, 0.3) is 0 Å². The second-order valence-electron chi connectivity index (χ2n) is 3.90. The molecule has 5 heteroatoms. The number of halogens is 1. The standard InChI is InChI=1S/C13H16ClNO3/c1-9(2)8-18-7-6-15-11-5-3-4-10(14)12(11)13(16)17/h3-5,15H,1,6-8H2,2H3,(H,16,17). The number of rotatable bonds is 7. The van der Waals surface area contributed by atoms with Crippen LogP contribution in [0.3, 0.4) is 0 Å². The minimum absolute atomic E-state index is 0.0825. The third-order valence-corrected chi connectivity index (χ3v) is 2.45. The Bertz CT molecular complexity index is 446. The quantitative estimate of drug-likeness (QED) is 0.590. The Labute approximate surface area is 111 Å². The van der Waals surface area contributed by atoms with Gasteiger partial charge in [-0.1, -0.05) is 29.8 Å². The monoisotopic (exact) mass is 269 g/mol. The summed E-state index contributed by atoms with van der Waals surface area (Å²) in [7, 11) is 0. The molecule has 0 radical (unpaired) electrons. The Morgan fingerprint density at radius 1 is 1.56 bits per heavy atom. The maximum Gasteiger partial charge on any atom is 0.339 e. The largest absolute Gasteiger partial charge is 0.478 e. The number of ether oxygens (including phenoxy) is 1. The van der Waals surface area contributed by atoms with Gasteiger partial charge in [-0.05, 0) is 19.1 Å². The van der Waals surface area contributed by atoms with E-state index in [-0.39, 0.29) is 10.6 Å². The molecule has 0 saturated carbocycles. The summed E-state index contributed by atoms with van der Waals surface area (Å²) in [6, 6.07) is 4.92. The molecule has 0 unspecified atom stereocenters. The number of hydrogen-bond acceptors (Lipinski definition) is 3. The molecular weight excluding hydrogens is 254 g/mol. The maximum atomic E-state index is 11.1. The molecule has 18 heavy (non-hydrogen) atoms. The SMILES string of the molecule is C=C(C)COCCNc1cccc(Cl)c1C(=O)O. The molecule has 0 heterocycles. The van der Waals surface area contributed by atoms with E-state index in [4.69, 9.17) is 21.4 Å². The fraction of sp³-hybridized carbons (Fsp3) is 0.308. The highest BCUT2D eigenvalue weighted by atomic mass is 35.5. The van der Waals surface area contributed by atoms with Crippen LogP contribution in [0.15, 0.2) is 30.4 Å². The Hall–Kier alpha value is -1.52. The van der Waals surface area contributed by atoms with Crippen LogP contribution in [0.25, 0.3) is 0 Å². The number of anilines is 1. The fourth-order valence-corrected chi connectivity index (χ4v) is 1.65. The Kier molecular flexibility index (Phi) is 5.68. The molecule has 2 N–H and O–H groups in total. The highest BCUT2D eigenvalue weighted by molar-refractivity contribution is 6.34. The van der Waals surface area contributed by atoms with Gasteiger partial charge in [-0.2, -0.15) is 0 Å². The van der Waals surface area contributed by atoms with Gasteiger partial charge in [-0.15, -0.1) is 0 Å². The molecule has 4 nitrogen and oxygen atoms in total. The molecular formula is C13H16ClNO3. The molecule has 0 saturated heterocycles. The first-order chi connectivity index (χ1) is 8.52. The maximum absolute atomic E-state index is 11.1. The van der Waals surface area contributed by atoms with Gasteiger partial charge >= 0.3 is 5.97 Å². The highest BCUT2D eigenvalue weighted by Gasteiger charge is 2.13. The van der Waals surface area contributed by atoms with Gasteiger partial charge in [-0.25, -0.2) is 4.79 Å². The minimum atomic E-state index is -1.05. The number of carboxylic acids is 1. The van der Waals surface area contributed by atoms with Gasteiger partial charge in [0.15, 0.2) is 0 Å². The van der Waals surface area contributed by atoms with E-state index in [1.165, 1.54) is 0 Å². The molecule has 0 bridgehead atoms. The lowest BCUT2D eigenvalue weighted by Crippen LogP contribution is -2.13. The molecule has 1 aromatic carbocycles. The van der Waals surface area contributed by atoms with Crippen LogP contribution in [-0.4, -0.2) is 30.8 Å². The van der Waals surface area contributed by atoms with E-state index in [2.05, 4.69) is 11.9 Å². The third-order valence-electron chi connectivity index (χ3n) is 2.14. The molecule has 0 atom stereocenters. The van der Waals surface area contributed by atoms with Crippen LogP contribution in [0.4, 0.5) is 5.69 Å². The molecule has 0 aliphatic carbocycles. The van der Waals surface area contributed by atoms with Gasteiger partial charge in [0.1, 0.15) is 5.56 Å². The summed E-state index contributed by atoms with van der Waals surface area (Å²) in [4.78, 5) is 11.1. The van der Waals surface area contributed by atoms with Crippen molar-refractivity contribution < 1.29 is 14.6 Å². The van der Waals surface area contributed by atoms with E-state index in [1.807, 2.05) is 6.92 Å². The lowest BCUT2D eigenvalue weighted by atomic mass is 10.2. The Balaban J connectivity index is 2.54. The van der Waals surface area contributed by atoms with Crippen molar-refractivity contribution in [2.75, 3.05) is 25.1 Å². The van der Waals surface area contributed by atoms with E-state index in [9.17, 15) is 4.79 Å². The first-order valence-corrected chi connectivity index (χ1v) is 5.88. The van der Waals surface area contributed by atoms with Crippen LogP contribution in [-0.2, 0) is 4.74 Å². The van der Waals surface area contributed by atoms with Crippen LogP contribution in [0.5, 0.6) is 0 Å². The number of aromatic carboxylic acids is 1. The lowest BCUT2D eigenvalue weighted by Gasteiger charge is -2.11. The number of benzene rings is 1. The van der Waals surface area contributed by atoms with Crippen molar-refractivity contribution in [3.8, 4) is 0 Å². The van der Waals surface area contributed by atoms with Crippen molar-refractivity contribution in [2.24, 2.45) is 0 Å². The van der Waals surface area contributed by atoms with Gasteiger partial charge in [-0.3, -0.25) is 0 Å². The molecule has 1 rings (SSSR count). The van der Waals surface area contributed by atoms with Crippen LogP contribution >= 0.6 is 11.6 Å². The third kappa shape index (κ3) is 4.39.